The van der Waals surface area contributed by atoms with Gasteiger partial charge >= 0.3 is 0 Å². The van der Waals surface area contributed by atoms with Gasteiger partial charge in [0.15, 0.2) is 0 Å². The van der Waals surface area contributed by atoms with Gasteiger partial charge in [-0.2, -0.15) is 0 Å². The third-order valence-electron chi connectivity index (χ3n) is 4.01. The molecule has 94 valence electrons. The maximum atomic E-state index is 9.18. The Balaban J connectivity index is 1.89. The van der Waals surface area contributed by atoms with Crippen molar-refractivity contribution in [3.05, 3.63) is 0 Å². The van der Waals surface area contributed by atoms with Gasteiger partial charge in [0.1, 0.15) is 12.2 Å². The average molecular weight is 229 g/mol. The molecule has 1 aliphatic carbocycles. The third-order valence-corrected chi connectivity index (χ3v) is 4.01. The monoisotopic (exact) mass is 229 g/mol. The molecule has 16 heavy (non-hydrogen) atoms. The van der Waals surface area contributed by atoms with Crippen molar-refractivity contribution in [2.45, 2.75) is 63.3 Å². The predicted molar refractivity (Wildman–Crippen MR) is 60.6 cm³/mol. The first-order chi connectivity index (χ1) is 7.85. The highest BCUT2D eigenvalue weighted by Crippen LogP contribution is 2.34. The van der Waals surface area contributed by atoms with Crippen molar-refractivity contribution in [2.75, 3.05) is 6.61 Å². The van der Waals surface area contributed by atoms with E-state index < -0.39 is 0 Å². The fourth-order valence-electron chi connectivity index (χ4n) is 3.04. The lowest BCUT2D eigenvalue weighted by molar-refractivity contribution is -0.0586. The van der Waals surface area contributed by atoms with Crippen LogP contribution in [0.1, 0.15) is 44.9 Å². The summed E-state index contributed by atoms with van der Waals surface area (Å²) in [4.78, 5) is 4.88. The summed E-state index contributed by atoms with van der Waals surface area (Å²) < 4.78 is 5.85. The van der Waals surface area contributed by atoms with Crippen molar-refractivity contribution < 1.29 is 14.7 Å². The van der Waals surface area contributed by atoms with Crippen molar-refractivity contribution >= 4 is 0 Å². The van der Waals surface area contributed by atoms with Crippen LogP contribution >= 0.6 is 0 Å². The van der Waals surface area contributed by atoms with Crippen molar-refractivity contribution in [1.82, 2.24) is 0 Å². The Morgan fingerprint density at radius 3 is 2.38 bits per heavy atom. The predicted octanol–water partition coefficient (Wildman–Crippen LogP) is 1.37. The second-order valence-electron chi connectivity index (χ2n) is 5.06. The second-order valence-corrected chi connectivity index (χ2v) is 5.06. The Morgan fingerprint density at radius 2 is 1.88 bits per heavy atom. The van der Waals surface area contributed by atoms with Crippen LogP contribution in [-0.2, 0) is 9.57 Å². The molecule has 0 aromatic rings. The molecule has 0 aromatic heterocycles. The van der Waals surface area contributed by atoms with E-state index in [0.29, 0.717) is 5.92 Å². The van der Waals surface area contributed by atoms with Gasteiger partial charge in [-0.25, -0.2) is 5.90 Å². The summed E-state index contributed by atoms with van der Waals surface area (Å²) >= 11 is 0. The molecule has 3 atom stereocenters. The van der Waals surface area contributed by atoms with Gasteiger partial charge in [0.2, 0.25) is 0 Å². The Labute approximate surface area is 97.1 Å². The molecule has 1 heterocycles. The molecule has 0 amide bonds. The first kappa shape index (κ1) is 12.3. The highest BCUT2D eigenvalue weighted by atomic mass is 16.6. The van der Waals surface area contributed by atoms with Crippen LogP contribution in [0.15, 0.2) is 0 Å². The van der Waals surface area contributed by atoms with Crippen LogP contribution in [0.3, 0.4) is 0 Å². The van der Waals surface area contributed by atoms with E-state index in [2.05, 4.69) is 0 Å². The maximum Gasteiger partial charge on any atom is 0.110 e. The van der Waals surface area contributed by atoms with Crippen molar-refractivity contribution in [3.63, 3.8) is 0 Å². The molecule has 2 fully saturated rings. The van der Waals surface area contributed by atoms with E-state index in [1.807, 2.05) is 0 Å². The Morgan fingerprint density at radius 1 is 1.19 bits per heavy atom. The first-order valence-corrected chi connectivity index (χ1v) is 6.47. The minimum Gasteiger partial charge on any atom is -0.394 e. The highest BCUT2D eigenvalue weighted by molar-refractivity contribution is 4.87. The van der Waals surface area contributed by atoms with E-state index >= 15 is 0 Å². The first-order valence-electron chi connectivity index (χ1n) is 6.47. The maximum absolute atomic E-state index is 9.18. The standard InChI is InChI=1S/C12H23NO3/c13-16-11-7-10(15-12(11)8-14)9-5-3-1-2-4-6-9/h9-12,14H,1-8,13H2/t10-,11?,12-/m1/s1. The fourth-order valence-corrected chi connectivity index (χ4v) is 3.04. The molecule has 0 spiro atoms. The lowest BCUT2D eigenvalue weighted by atomic mass is 9.92. The van der Waals surface area contributed by atoms with Crippen LogP contribution in [0.5, 0.6) is 0 Å². The molecular formula is C12H23NO3. The fraction of sp³-hybridized carbons (Fsp3) is 1.00. The summed E-state index contributed by atoms with van der Waals surface area (Å²) in [5, 5.41) is 9.18. The topological polar surface area (TPSA) is 64.7 Å². The molecule has 0 radical (unpaired) electrons. The molecular weight excluding hydrogens is 206 g/mol. The summed E-state index contributed by atoms with van der Waals surface area (Å²) in [5.74, 6) is 5.87. The SMILES string of the molecule is NOC1C[C@H](C2CCCCCC2)O[C@@H]1CO. The molecule has 4 nitrogen and oxygen atoms in total. The van der Waals surface area contributed by atoms with E-state index in [0.717, 1.165) is 6.42 Å². The van der Waals surface area contributed by atoms with E-state index in [4.69, 9.17) is 15.5 Å². The molecule has 1 unspecified atom stereocenters. The van der Waals surface area contributed by atoms with Crippen LogP contribution in [0.4, 0.5) is 0 Å². The molecule has 1 saturated carbocycles. The van der Waals surface area contributed by atoms with E-state index in [1.54, 1.807) is 0 Å². The van der Waals surface area contributed by atoms with Crippen LogP contribution in [-0.4, -0.2) is 30.0 Å². The van der Waals surface area contributed by atoms with Crippen LogP contribution in [0.2, 0.25) is 0 Å². The summed E-state index contributed by atoms with van der Waals surface area (Å²) in [7, 11) is 0. The highest BCUT2D eigenvalue weighted by Gasteiger charge is 2.39. The number of aliphatic hydroxyl groups excluding tert-OH is 1. The van der Waals surface area contributed by atoms with Gasteiger partial charge in [0.25, 0.3) is 0 Å². The van der Waals surface area contributed by atoms with Gasteiger partial charge < -0.3 is 9.84 Å². The number of ether oxygens (including phenoxy) is 1. The molecule has 2 rings (SSSR count). The molecule has 1 saturated heterocycles. The Kier molecular flexibility index (Phi) is 4.58. The van der Waals surface area contributed by atoms with Crippen LogP contribution in [0.25, 0.3) is 0 Å². The average Bonchev–Trinajstić information content (AvgIpc) is 2.54. The minimum atomic E-state index is -0.224. The quantitative estimate of drug-likeness (QED) is 0.566. The van der Waals surface area contributed by atoms with Gasteiger partial charge in [0.05, 0.1) is 12.7 Å². The van der Waals surface area contributed by atoms with E-state index in [9.17, 15) is 5.11 Å². The number of aliphatic hydroxyl groups is 1. The second kappa shape index (κ2) is 5.96. The van der Waals surface area contributed by atoms with E-state index in [1.165, 1.54) is 38.5 Å². The van der Waals surface area contributed by atoms with Gasteiger partial charge in [-0.1, -0.05) is 25.7 Å². The smallest absolute Gasteiger partial charge is 0.110 e. The molecule has 0 bridgehead atoms. The van der Waals surface area contributed by atoms with Crippen molar-refractivity contribution in [3.8, 4) is 0 Å². The lowest BCUT2D eigenvalue weighted by Gasteiger charge is -2.21. The summed E-state index contributed by atoms with van der Waals surface area (Å²) in [6.07, 6.45) is 8.55. The summed E-state index contributed by atoms with van der Waals surface area (Å²) in [6, 6.07) is 0. The molecule has 0 aromatic carbocycles. The van der Waals surface area contributed by atoms with Crippen molar-refractivity contribution in [2.24, 2.45) is 11.8 Å². The Hall–Kier alpha value is -0.160. The van der Waals surface area contributed by atoms with Crippen LogP contribution in [0, 0.1) is 5.92 Å². The number of rotatable bonds is 3. The largest absolute Gasteiger partial charge is 0.394 e. The normalized spacial score (nSPS) is 37.5. The van der Waals surface area contributed by atoms with Crippen LogP contribution < -0.4 is 5.90 Å². The number of hydrogen-bond acceptors (Lipinski definition) is 4. The molecule has 4 heteroatoms. The van der Waals surface area contributed by atoms with Gasteiger partial charge in [-0.3, -0.25) is 4.84 Å². The number of hydrogen-bond donors (Lipinski definition) is 2. The van der Waals surface area contributed by atoms with Crippen molar-refractivity contribution in [1.29, 1.82) is 0 Å². The van der Waals surface area contributed by atoms with Gasteiger partial charge in [-0.05, 0) is 18.8 Å². The molecule has 1 aliphatic heterocycles. The lowest BCUT2D eigenvalue weighted by Crippen LogP contribution is -2.30. The molecule has 3 N–H and O–H groups in total. The molecule has 2 aliphatic rings. The zero-order valence-corrected chi connectivity index (χ0v) is 9.81. The zero-order valence-electron chi connectivity index (χ0n) is 9.81. The Bertz CT molecular complexity index is 192. The van der Waals surface area contributed by atoms with Gasteiger partial charge in [0, 0.05) is 6.42 Å². The van der Waals surface area contributed by atoms with Gasteiger partial charge in [-0.15, -0.1) is 0 Å². The van der Waals surface area contributed by atoms with E-state index in [-0.39, 0.29) is 24.9 Å². The minimum absolute atomic E-state index is 0.00505. The zero-order chi connectivity index (χ0) is 11.4. The third kappa shape index (κ3) is 2.74. The summed E-state index contributed by atoms with van der Waals surface area (Å²) in [6.45, 7) is 0.00505. The number of nitrogens with two attached hydrogens (primary N) is 1. The summed E-state index contributed by atoms with van der Waals surface area (Å²) in [5.41, 5.74) is 0.